The molecule has 2 aromatic heterocycles. The van der Waals surface area contributed by atoms with Crippen molar-refractivity contribution in [1.29, 1.82) is 0 Å². The molecule has 1 N–H and O–H groups in total. The van der Waals surface area contributed by atoms with Crippen LogP contribution in [-0.2, 0) is 0 Å². The minimum Gasteiger partial charge on any atom is -0.367 e. The molecule has 132 valence electrons. The van der Waals surface area contributed by atoms with Crippen LogP contribution >= 0.6 is 23.2 Å². The Morgan fingerprint density at radius 3 is 2.48 bits per heavy atom. The molecule has 0 saturated heterocycles. The van der Waals surface area contributed by atoms with Crippen LogP contribution in [0.25, 0.3) is 16.8 Å². The first-order valence-electron chi connectivity index (χ1n) is 8.53. The molecule has 0 aliphatic carbocycles. The Kier molecular flexibility index (Phi) is 5.21. The van der Waals surface area contributed by atoms with E-state index < -0.39 is 0 Å². The van der Waals surface area contributed by atoms with E-state index in [0.717, 1.165) is 46.8 Å². The molecule has 0 radical (unpaired) electrons. The highest BCUT2D eigenvalue weighted by atomic mass is 35.5. The zero-order valence-electron chi connectivity index (χ0n) is 14.9. The van der Waals surface area contributed by atoms with E-state index in [2.05, 4.69) is 19.2 Å². The van der Waals surface area contributed by atoms with Gasteiger partial charge in [0.1, 0.15) is 5.82 Å². The quantitative estimate of drug-likeness (QED) is 0.600. The van der Waals surface area contributed by atoms with Gasteiger partial charge in [-0.05, 0) is 38.8 Å². The fourth-order valence-corrected chi connectivity index (χ4v) is 3.56. The Hall–Kier alpha value is -1.78. The summed E-state index contributed by atoms with van der Waals surface area (Å²) in [5.41, 5.74) is 4.46. The molecule has 4 nitrogen and oxygen atoms in total. The summed E-state index contributed by atoms with van der Waals surface area (Å²) in [4.78, 5) is 4.72. The number of aromatic nitrogens is 3. The number of aryl methyl sites for hydroxylation is 2. The summed E-state index contributed by atoms with van der Waals surface area (Å²) in [5.74, 6) is 0.954. The van der Waals surface area contributed by atoms with E-state index in [-0.39, 0.29) is 0 Å². The monoisotopic (exact) mass is 376 g/mol. The highest BCUT2D eigenvalue weighted by molar-refractivity contribution is 6.36. The fraction of sp³-hybridized carbons (Fsp3) is 0.368. The average molecular weight is 377 g/mol. The molecule has 0 fully saturated rings. The first-order valence-corrected chi connectivity index (χ1v) is 9.29. The van der Waals surface area contributed by atoms with Crippen LogP contribution < -0.4 is 5.32 Å². The van der Waals surface area contributed by atoms with Gasteiger partial charge in [0.2, 0.25) is 0 Å². The molecular weight excluding hydrogens is 355 g/mol. The third-order valence-electron chi connectivity index (χ3n) is 4.43. The molecule has 0 amide bonds. The normalized spacial score (nSPS) is 11.5. The molecular formula is C19H22Cl2N4. The maximum Gasteiger partial charge on any atom is 0.165 e. The third kappa shape index (κ3) is 3.46. The summed E-state index contributed by atoms with van der Waals surface area (Å²) in [6.45, 7) is 8.33. The summed E-state index contributed by atoms with van der Waals surface area (Å²) in [7, 11) is 0. The van der Waals surface area contributed by atoms with Gasteiger partial charge >= 0.3 is 0 Å². The SMILES string of the molecule is CCC(CC)Nc1cc(C)nc2c(-c3ccc(Cl)cc3Cl)c(C)nn12. The number of fused-ring (bicyclic) bond motifs is 1. The second-order valence-corrected chi connectivity index (χ2v) is 7.10. The fourth-order valence-electron chi connectivity index (χ4n) is 3.06. The van der Waals surface area contributed by atoms with E-state index in [1.807, 2.05) is 36.6 Å². The summed E-state index contributed by atoms with van der Waals surface area (Å²) >= 11 is 12.5. The smallest absolute Gasteiger partial charge is 0.165 e. The van der Waals surface area contributed by atoms with Gasteiger partial charge in [-0.3, -0.25) is 0 Å². The number of halogens is 2. The van der Waals surface area contributed by atoms with Crippen LogP contribution in [0.2, 0.25) is 10.0 Å². The molecule has 0 saturated carbocycles. The van der Waals surface area contributed by atoms with Crippen molar-refractivity contribution >= 4 is 34.7 Å². The summed E-state index contributed by atoms with van der Waals surface area (Å²) < 4.78 is 1.88. The van der Waals surface area contributed by atoms with Crippen LogP contribution in [-0.4, -0.2) is 20.6 Å². The predicted octanol–water partition coefficient (Wildman–Crippen LogP) is 5.92. The lowest BCUT2D eigenvalue weighted by atomic mass is 10.1. The topological polar surface area (TPSA) is 42.2 Å². The Bertz CT molecular complexity index is 913. The number of nitrogens with zero attached hydrogens (tertiary/aromatic N) is 3. The van der Waals surface area contributed by atoms with Crippen molar-refractivity contribution in [1.82, 2.24) is 14.6 Å². The number of nitrogens with one attached hydrogen (secondary N) is 1. The van der Waals surface area contributed by atoms with Gasteiger partial charge in [-0.15, -0.1) is 0 Å². The van der Waals surface area contributed by atoms with Crippen molar-refractivity contribution in [3.63, 3.8) is 0 Å². The van der Waals surface area contributed by atoms with Gasteiger partial charge in [0.25, 0.3) is 0 Å². The van der Waals surface area contributed by atoms with Crippen molar-refractivity contribution in [2.45, 2.75) is 46.6 Å². The minimum atomic E-state index is 0.400. The summed E-state index contributed by atoms with van der Waals surface area (Å²) in [6, 6.07) is 7.94. The molecule has 1 aromatic carbocycles. The van der Waals surface area contributed by atoms with Crippen molar-refractivity contribution in [3.05, 3.63) is 45.7 Å². The molecule has 6 heteroatoms. The van der Waals surface area contributed by atoms with E-state index in [0.29, 0.717) is 16.1 Å². The number of hydrogen-bond acceptors (Lipinski definition) is 3. The molecule has 0 bridgehead atoms. The van der Waals surface area contributed by atoms with Gasteiger partial charge in [0.15, 0.2) is 5.65 Å². The van der Waals surface area contributed by atoms with Crippen molar-refractivity contribution in [2.24, 2.45) is 0 Å². The van der Waals surface area contributed by atoms with Gasteiger partial charge in [-0.1, -0.05) is 43.1 Å². The molecule has 3 aromatic rings. The van der Waals surface area contributed by atoms with Gasteiger partial charge < -0.3 is 5.32 Å². The lowest BCUT2D eigenvalue weighted by Crippen LogP contribution is -2.19. The maximum atomic E-state index is 6.44. The molecule has 0 unspecified atom stereocenters. The predicted molar refractivity (Wildman–Crippen MR) is 106 cm³/mol. The zero-order valence-corrected chi connectivity index (χ0v) is 16.4. The van der Waals surface area contributed by atoms with Crippen LogP contribution in [0.3, 0.4) is 0 Å². The van der Waals surface area contributed by atoms with Crippen LogP contribution in [0.1, 0.15) is 38.1 Å². The van der Waals surface area contributed by atoms with Crippen molar-refractivity contribution in [3.8, 4) is 11.1 Å². The van der Waals surface area contributed by atoms with Crippen molar-refractivity contribution in [2.75, 3.05) is 5.32 Å². The highest BCUT2D eigenvalue weighted by Crippen LogP contribution is 2.35. The molecule has 0 aliphatic heterocycles. The Morgan fingerprint density at radius 2 is 1.84 bits per heavy atom. The molecule has 25 heavy (non-hydrogen) atoms. The average Bonchev–Trinajstić information content (AvgIpc) is 2.89. The van der Waals surface area contributed by atoms with Gasteiger partial charge in [-0.25, -0.2) is 4.98 Å². The van der Waals surface area contributed by atoms with Gasteiger partial charge in [0, 0.05) is 28.4 Å². The second-order valence-electron chi connectivity index (χ2n) is 6.26. The summed E-state index contributed by atoms with van der Waals surface area (Å²) in [6.07, 6.45) is 2.10. The molecule has 2 heterocycles. The van der Waals surface area contributed by atoms with Gasteiger partial charge in [-0.2, -0.15) is 9.61 Å². The van der Waals surface area contributed by atoms with Gasteiger partial charge in [0.05, 0.1) is 16.3 Å². The second kappa shape index (κ2) is 7.22. The van der Waals surface area contributed by atoms with Crippen molar-refractivity contribution < 1.29 is 0 Å². The van der Waals surface area contributed by atoms with Crippen LogP contribution in [0.15, 0.2) is 24.3 Å². The van der Waals surface area contributed by atoms with E-state index in [1.54, 1.807) is 6.07 Å². The highest BCUT2D eigenvalue weighted by Gasteiger charge is 2.19. The first-order chi connectivity index (χ1) is 11.9. The molecule has 0 atom stereocenters. The van der Waals surface area contributed by atoms with E-state index >= 15 is 0 Å². The minimum absolute atomic E-state index is 0.400. The van der Waals surface area contributed by atoms with E-state index in [1.165, 1.54) is 0 Å². The van der Waals surface area contributed by atoms with Crippen LogP contribution in [0.5, 0.6) is 0 Å². The van der Waals surface area contributed by atoms with E-state index in [9.17, 15) is 0 Å². The summed E-state index contributed by atoms with van der Waals surface area (Å²) in [5, 5.41) is 9.51. The Labute approximate surface area is 158 Å². The van der Waals surface area contributed by atoms with Crippen LogP contribution in [0.4, 0.5) is 5.82 Å². The maximum absolute atomic E-state index is 6.44. The van der Waals surface area contributed by atoms with E-state index in [4.69, 9.17) is 33.3 Å². The first kappa shape index (κ1) is 18.0. The Balaban J connectivity index is 2.21. The third-order valence-corrected chi connectivity index (χ3v) is 4.98. The molecule has 0 aliphatic rings. The van der Waals surface area contributed by atoms with Crippen LogP contribution in [0, 0.1) is 13.8 Å². The Morgan fingerprint density at radius 1 is 1.12 bits per heavy atom. The molecule has 0 spiro atoms. The number of rotatable bonds is 5. The number of anilines is 1. The zero-order chi connectivity index (χ0) is 18.1. The molecule has 3 rings (SSSR count). The standard InChI is InChI=1S/C19H22Cl2N4/c1-5-14(6-2)23-17-9-11(3)22-19-18(12(4)24-25(17)19)15-8-7-13(20)10-16(15)21/h7-10,14,23H,5-6H2,1-4H3. The largest absolute Gasteiger partial charge is 0.367 e. The lowest BCUT2D eigenvalue weighted by molar-refractivity contribution is 0.663. The number of hydrogen-bond donors (Lipinski definition) is 1. The lowest BCUT2D eigenvalue weighted by Gasteiger charge is -2.17. The number of benzene rings is 1.